The Morgan fingerprint density at radius 3 is 2.69 bits per heavy atom. The topological polar surface area (TPSA) is 55.1 Å². The molecule has 1 N–H and O–H groups in total. The third-order valence-electron chi connectivity index (χ3n) is 2.67. The summed E-state index contributed by atoms with van der Waals surface area (Å²) in [7, 11) is 1.88. The van der Waals surface area contributed by atoms with E-state index in [-0.39, 0.29) is 0 Å². The van der Waals surface area contributed by atoms with Crippen LogP contribution in [0.25, 0.3) is 10.9 Å². The second-order valence-corrected chi connectivity index (χ2v) is 4.20. The lowest BCUT2D eigenvalue weighted by atomic mass is 10.0. The highest BCUT2D eigenvalue weighted by atomic mass is 16.4. The monoisotopic (exact) mass is 218 g/mol. The zero-order valence-electron chi connectivity index (χ0n) is 9.56. The first kappa shape index (κ1) is 10.7. The van der Waals surface area contributed by atoms with Crippen LogP contribution < -0.4 is 0 Å². The minimum absolute atomic E-state index is 0.308. The van der Waals surface area contributed by atoms with E-state index in [2.05, 4.69) is 18.9 Å². The molecule has 2 rings (SSSR count). The lowest BCUT2D eigenvalue weighted by Crippen LogP contribution is -2.00. The fourth-order valence-electron chi connectivity index (χ4n) is 2.04. The molecular weight excluding hydrogens is 204 g/mol. The van der Waals surface area contributed by atoms with Crippen molar-refractivity contribution in [1.82, 2.24) is 9.78 Å². The predicted octanol–water partition coefficient (Wildman–Crippen LogP) is 2.39. The summed E-state index contributed by atoms with van der Waals surface area (Å²) in [4.78, 5) is 10.9. The van der Waals surface area contributed by atoms with Crippen molar-refractivity contribution in [3.63, 3.8) is 0 Å². The number of nitrogens with zero attached hydrogens (tertiary/aromatic N) is 2. The minimum atomic E-state index is -0.902. The molecule has 1 heterocycles. The number of aromatic nitrogens is 2. The van der Waals surface area contributed by atoms with Crippen molar-refractivity contribution in [1.29, 1.82) is 0 Å². The lowest BCUT2D eigenvalue weighted by Gasteiger charge is -2.05. The zero-order valence-corrected chi connectivity index (χ0v) is 9.56. The molecule has 2 aromatic rings. The van der Waals surface area contributed by atoms with Crippen LogP contribution in [0.4, 0.5) is 0 Å². The van der Waals surface area contributed by atoms with Crippen LogP contribution in [0.5, 0.6) is 0 Å². The fraction of sp³-hybridized carbons (Fsp3) is 0.333. The van der Waals surface area contributed by atoms with Crippen LogP contribution in [0.2, 0.25) is 0 Å². The Hall–Kier alpha value is -1.84. The molecule has 0 aliphatic heterocycles. The van der Waals surface area contributed by atoms with Crippen molar-refractivity contribution in [2.45, 2.75) is 19.8 Å². The van der Waals surface area contributed by atoms with Gasteiger partial charge >= 0.3 is 5.97 Å². The molecule has 0 radical (unpaired) electrons. The second-order valence-electron chi connectivity index (χ2n) is 4.20. The summed E-state index contributed by atoms with van der Waals surface area (Å²) >= 11 is 0. The maximum atomic E-state index is 10.9. The molecule has 1 aromatic carbocycles. The smallest absolute Gasteiger partial charge is 0.335 e. The van der Waals surface area contributed by atoms with Gasteiger partial charge in [-0.2, -0.15) is 5.10 Å². The van der Waals surface area contributed by atoms with Crippen LogP contribution in [-0.4, -0.2) is 20.9 Å². The van der Waals surface area contributed by atoms with Crippen molar-refractivity contribution in [3.05, 3.63) is 29.5 Å². The van der Waals surface area contributed by atoms with Gasteiger partial charge in [0, 0.05) is 18.1 Å². The minimum Gasteiger partial charge on any atom is -0.478 e. The Bertz CT molecular complexity index is 555. The van der Waals surface area contributed by atoms with Crippen LogP contribution in [0.3, 0.4) is 0 Å². The molecule has 4 nitrogen and oxygen atoms in total. The molecule has 0 amide bonds. The van der Waals surface area contributed by atoms with Gasteiger partial charge in [0.15, 0.2) is 0 Å². The summed E-state index contributed by atoms with van der Waals surface area (Å²) in [6.45, 7) is 4.15. The second kappa shape index (κ2) is 3.63. The standard InChI is InChI=1S/C12H14N2O2/c1-7(2)11-9-6-8(12(15)16)4-5-10(9)13-14(11)3/h4-7H,1-3H3,(H,15,16). The van der Waals surface area contributed by atoms with Crippen LogP contribution in [0, 0.1) is 0 Å². The molecule has 0 aliphatic carbocycles. The number of carbonyl (C=O) groups is 1. The van der Waals surface area contributed by atoms with Crippen molar-refractivity contribution in [3.8, 4) is 0 Å². The normalized spacial score (nSPS) is 11.2. The van der Waals surface area contributed by atoms with E-state index in [0.717, 1.165) is 16.6 Å². The Morgan fingerprint density at radius 2 is 2.12 bits per heavy atom. The van der Waals surface area contributed by atoms with Gasteiger partial charge in [-0.05, 0) is 24.1 Å². The number of aryl methyl sites for hydroxylation is 1. The zero-order chi connectivity index (χ0) is 11.9. The number of carboxylic acid groups (broad SMARTS) is 1. The molecule has 4 heteroatoms. The number of benzene rings is 1. The van der Waals surface area contributed by atoms with Crippen molar-refractivity contribution >= 4 is 16.9 Å². The third-order valence-corrected chi connectivity index (χ3v) is 2.67. The Labute approximate surface area is 93.5 Å². The van der Waals surface area contributed by atoms with Gasteiger partial charge in [0.05, 0.1) is 11.1 Å². The molecule has 0 bridgehead atoms. The average molecular weight is 218 g/mol. The Kier molecular flexibility index (Phi) is 2.42. The number of hydrogen-bond donors (Lipinski definition) is 1. The van der Waals surface area contributed by atoms with E-state index in [4.69, 9.17) is 5.11 Å². The Morgan fingerprint density at radius 1 is 1.44 bits per heavy atom. The molecule has 0 spiro atoms. The number of fused-ring (bicyclic) bond motifs is 1. The molecule has 0 atom stereocenters. The molecular formula is C12H14N2O2. The first-order valence-corrected chi connectivity index (χ1v) is 5.20. The number of carboxylic acids is 1. The summed E-state index contributed by atoms with van der Waals surface area (Å²) in [6, 6.07) is 5.03. The van der Waals surface area contributed by atoms with Gasteiger partial charge in [-0.25, -0.2) is 4.79 Å². The number of aromatic carboxylic acids is 1. The highest BCUT2D eigenvalue weighted by molar-refractivity contribution is 5.94. The summed E-state index contributed by atoms with van der Waals surface area (Å²) in [5.74, 6) is -0.584. The van der Waals surface area contributed by atoms with Gasteiger partial charge in [-0.15, -0.1) is 0 Å². The van der Waals surface area contributed by atoms with Crippen LogP contribution >= 0.6 is 0 Å². The van der Waals surface area contributed by atoms with Crippen LogP contribution in [0.1, 0.15) is 35.8 Å². The van der Waals surface area contributed by atoms with E-state index >= 15 is 0 Å². The summed E-state index contributed by atoms with van der Waals surface area (Å²) in [6.07, 6.45) is 0. The van der Waals surface area contributed by atoms with Gasteiger partial charge < -0.3 is 5.11 Å². The van der Waals surface area contributed by atoms with Crippen molar-refractivity contribution < 1.29 is 9.90 Å². The molecule has 16 heavy (non-hydrogen) atoms. The molecule has 0 aliphatic rings. The number of hydrogen-bond acceptors (Lipinski definition) is 2. The molecule has 0 unspecified atom stereocenters. The maximum absolute atomic E-state index is 10.9. The van der Waals surface area contributed by atoms with Crippen LogP contribution in [-0.2, 0) is 7.05 Å². The Balaban J connectivity index is 2.74. The van der Waals surface area contributed by atoms with Gasteiger partial charge in [0.1, 0.15) is 0 Å². The van der Waals surface area contributed by atoms with Gasteiger partial charge in [0.2, 0.25) is 0 Å². The van der Waals surface area contributed by atoms with Gasteiger partial charge in [-0.1, -0.05) is 13.8 Å². The van der Waals surface area contributed by atoms with Gasteiger partial charge in [0.25, 0.3) is 0 Å². The highest BCUT2D eigenvalue weighted by Crippen LogP contribution is 2.25. The molecule has 84 valence electrons. The van der Waals surface area contributed by atoms with Gasteiger partial charge in [-0.3, -0.25) is 4.68 Å². The maximum Gasteiger partial charge on any atom is 0.335 e. The van der Waals surface area contributed by atoms with E-state index in [9.17, 15) is 4.79 Å². The highest BCUT2D eigenvalue weighted by Gasteiger charge is 2.14. The first-order valence-electron chi connectivity index (χ1n) is 5.20. The van der Waals surface area contributed by atoms with Crippen molar-refractivity contribution in [2.24, 2.45) is 7.05 Å². The van der Waals surface area contributed by atoms with Crippen molar-refractivity contribution in [2.75, 3.05) is 0 Å². The fourth-order valence-corrected chi connectivity index (χ4v) is 2.04. The van der Waals surface area contributed by atoms with E-state index < -0.39 is 5.97 Å². The lowest BCUT2D eigenvalue weighted by molar-refractivity contribution is 0.0697. The SMILES string of the molecule is CC(C)c1c2cc(C(=O)O)ccc2nn1C. The third kappa shape index (κ3) is 1.56. The van der Waals surface area contributed by atoms with Crippen LogP contribution in [0.15, 0.2) is 18.2 Å². The molecule has 0 fully saturated rings. The number of rotatable bonds is 2. The average Bonchev–Trinajstić information content (AvgIpc) is 2.51. The molecule has 0 saturated heterocycles. The van der Waals surface area contributed by atoms with E-state index in [1.807, 2.05) is 11.7 Å². The molecule has 0 saturated carbocycles. The first-order chi connectivity index (χ1) is 7.50. The predicted molar refractivity (Wildman–Crippen MR) is 61.8 cm³/mol. The summed E-state index contributed by atoms with van der Waals surface area (Å²) in [5.41, 5.74) is 2.22. The van der Waals surface area contributed by atoms with E-state index in [1.165, 1.54) is 0 Å². The van der Waals surface area contributed by atoms with E-state index in [1.54, 1.807) is 18.2 Å². The summed E-state index contributed by atoms with van der Waals surface area (Å²) in [5, 5.41) is 14.2. The quantitative estimate of drug-likeness (QED) is 0.842. The molecule has 1 aromatic heterocycles. The summed E-state index contributed by atoms with van der Waals surface area (Å²) < 4.78 is 1.82. The van der Waals surface area contributed by atoms with E-state index in [0.29, 0.717) is 11.5 Å². The largest absolute Gasteiger partial charge is 0.478 e.